The molecule has 0 radical (unpaired) electrons. The molecule has 1 aromatic carbocycles. The second-order valence-electron chi connectivity index (χ2n) is 6.11. The van der Waals surface area contributed by atoms with Gasteiger partial charge in [-0.05, 0) is 44.7 Å². The van der Waals surface area contributed by atoms with E-state index in [-0.39, 0.29) is 0 Å². The van der Waals surface area contributed by atoms with Gasteiger partial charge in [-0.1, -0.05) is 25.1 Å². The molecule has 0 heterocycles. The second-order valence-corrected chi connectivity index (χ2v) is 7.76. The highest BCUT2D eigenvalue weighted by molar-refractivity contribution is 7.89. The van der Waals surface area contributed by atoms with Gasteiger partial charge in [-0.3, -0.25) is 0 Å². The summed E-state index contributed by atoms with van der Waals surface area (Å²) in [5.74, 6) is 0. The van der Waals surface area contributed by atoms with Crippen LogP contribution in [0.3, 0.4) is 0 Å². The molecule has 4 nitrogen and oxygen atoms in total. The zero-order valence-electron chi connectivity index (χ0n) is 12.4. The average molecular weight is 296 g/mol. The molecular weight excluding hydrogens is 272 g/mol. The molecule has 0 atom stereocenters. The lowest BCUT2D eigenvalue weighted by Crippen LogP contribution is -2.43. The summed E-state index contributed by atoms with van der Waals surface area (Å²) in [6, 6.07) is 7.77. The van der Waals surface area contributed by atoms with E-state index < -0.39 is 15.6 Å². The second kappa shape index (κ2) is 5.84. The normalized spacial score (nSPS) is 16.4. The molecule has 0 bridgehead atoms. The number of rotatable bonds is 7. The molecule has 0 amide bonds. The van der Waals surface area contributed by atoms with Crippen molar-refractivity contribution in [2.24, 2.45) is 0 Å². The highest BCUT2D eigenvalue weighted by Gasteiger charge is 2.27. The number of hydrogen-bond acceptors (Lipinski definition) is 3. The van der Waals surface area contributed by atoms with Gasteiger partial charge in [0.1, 0.15) is 0 Å². The minimum absolute atomic E-state index is 0.384. The summed E-state index contributed by atoms with van der Waals surface area (Å²) in [6.07, 6.45) is 3.13. The van der Waals surface area contributed by atoms with Crippen molar-refractivity contribution in [3.05, 3.63) is 29.8 Å². The molecule has 0 spiro atoms. The monoisotopic (exact) mass is 296 g/mol. The van der Waals surface area contributed by atoms with E-state index >= 15 is 0 Å². The van der Waals surface area contributed by atoms with Gasteiger partial charge in [0.05, 0.1) is 4.90 Å². The molecule has 112 valence electrons. The van der Waals surface area contributed by atoms with Crippen LogP contribution in [0.15, 0.2) is 29.2 Å². The van der Waals surface area contributed by atoms with Crippen molar-refractivity contribution >= 4 is 10.0 Å². The Balaban J connectivity index is 2.21. The molecule has 0 aromatic heterocycles. The van der Waals surface area contributed by atoms with Gasteiger partial charge in [-0.15, -0.1) is 0 Å². The predicted octanol–water partition coefficient (Wildman–Crippen LogP) is 2.41. The smallest absolute Gasteiger partial charge is 0.241 e. The Morgan fingerprint density at radius 1 is 1.25 bits per heavy atom. The topological polar surface area (TPSA) is 58.2 Å². The fourth-order valence-electron chi connectivity index (χ4n) is 1.94. The Bertz CT molecular complexity index is 563. The summed E-state index contributed by atoms with van der Waals surface area (Å²) in [6.45, 7) is 6.38. The van der Waals surface area contributed by atoms with Crippen molar-refractivity contribution in [1.82, 2.24) is 10.0 Å². The first kappa shape index (κ1) is 15.5. The zero-order valence-corrected chi connectivity index (χ0v) is 13.3. The van der Waals surface area contributed by atoms with E-state index in [0.29, 0.717) is 17.5 Å². The van der Waals surface area contributed by atoms with E-state index in [4.69, 9.17) is 0 Å². The molecule has 2 N–H and O–H groups in total. The summed E-state index contributed by atoms with van der Waals surface area (Å²) in [5, 5.41) is 3.37. The zero-order chi connectivity index (χ0) is 14.8. The predicted molar refractivity (Wildman–Crippen MR) is 81.0 cm³/mol. The van der Waals surface area contributed by atoms with E-state index in [1.165, 1.54) is 12.8 Å². The highest BCUT2D eigenvalue weighted by atomic mass is 32.2. The van der Waals surface area contributed by atoms with E-state index in [1.807, 2.05) is 32.9 Å². The van der Waals surface area contributed by atoms with Crippen LogP contribution in [0.5, 0.6) is 0 Å². The van der Waals surface area contributed by atoms with Crippen LogP contribution in [-0.4, -0.2) is 20.0 Å². The van der Waals surface area contributed by atoms with Crippen LogP contribution in [0.1, 0.15) is 45.6 Å². The minimum Gasteiger partial charge on any atom is -0.310 e. The van der Waals surface area contributed by atoms with Crippen molar-refractivity contribution < 1.29 is 8.42 Å². The lowest BCUT2D eigenvalue weighted by Gasteiger charge is -2.25. The van der Waals surface area contributed by atoms with Gasteiger partial charge in [0.15, 0.2) is 0 Å². The largest absolute Gasteiger partial charge is 0.310 e. The van der Waals surface area contributed by atoms with Crippen molar-refractivity contribution in [2.75, 3.05) is 0 Å². The Morgan fingerprint density at radius 3 is 2.50 bits per heavy atom. The summed E-state index contributed by atoms with van der Waals surface area (Å²) in [4.78, 5) is 0.384. The van der Waals surface area contributed by atoms with Crippen molar-refractivity contribution in [3.8, 4) is 0 Å². The first-order valence-electron chi connectivity index (χ1n) is 7.19. The number of hydrogen-bond donors (Lipinski definition) is 2. The van der Waals surface area contributed by atoms with Gasteiger partial charge in [0, 0.05) is 18.1 Å². The van der Waals surface area contributed by atoms with Gasteiger partial charge in [-0.25, -0.2) is 13.1 Å². The lowest BCUT2D eigenvalue weighted by molar-refractivity contribution is 0.439. The Morgan fingerprint density at radius 2 is 1.90 bits per heavy atom. The lowest BCUT2D eigenvalue weighted by atomic mass is 10.0. The van der Waals surface area contributed by atoms with Gasteiger partial charge < -0.3 is 5.32 Å². The first-order valence-corrected chi connectivity index (χ1v) is 8.68. The molecule has 0 unspecified atom stereocenters. The Hall–Kier alpha value is -0.910. The van der Waals surface area contributed by atoms with E-state index in [9.17, 15) is 8.42 Å². The molecule has 0 aliphatic heterocycles. The van der Waals surface area contributed by atoms with Crippen molar-refractivity contribution in [3.63, 3.8) is 0 Å². The average Bonchev–Trinajstić information content (AvgIpc) is 3.19. The molecule has 1 aliphatic carbocycles. The van der Waals surface area contributed by atoms with Crippen molar-refractivity contribution in [1.29, 1.82) is 0 Å². The van der Waals surface area contributed by atoms with Gasteiger partial charge in [0.2, 0.25) is 10.0 Å². The quantitative estimate of drug-likeness (QED) is 0.812. The third-order valence-corrected chi connectivity index (χ3v) is 5.51. The SMILES string of the molecule is CCC(C)(C)NS(=O)(=O)c1ccccc1CNC1CC1. The summed E-state index contributed by atoms with van der Waals surface area (Å²) in [5.41, 5.74) is 0.398. The maximum Gasteiger partial charge on any atom is 0.241 e. The molecule has 1 fully saturated rings. The number of sulfonamides is 1. The number of benzene rings is 1. The van der Waals surface area contributed by atoms with Crippen molar-refractivity contribution in [2.45, 2.75) is 63.1 Å². The molecule has 0 saturated heterocycles. The van der Waals surface area contributed by atoms with Crippen LogP contribution in [0.4, 0.5) is 0 Å². The maximum atomic E-state index is 12.5. The standard InChI is InChI=1S/C15H24N2O2S/c1-4-15(2,3)17-20(18,19)14-8-6-5-7-12(14)11-16-13-9-10-13/h5-8,13,16-17H,4,9-11H2,1-3H3. The van der Waals surface area contributed by atoms with E-state index in [0.717, 1.165) is 12.0 Å². The first-order chi connectivity index (χ1) is 9.34. The van der Waals surface area contributed by atoms with Crippen LogP contribution in [0.2, 0.25) is 0 Å². The molecule has 5 heteroatoms. The fraction of sp³-hybridized carbons (Fsp3) is 0.600. The van der Waals surface area contributed by atoms with Crippen LogP contribution < -0.4 is 10.0 Å². The van der Waals surface area contributed by atoms with E-state index in [1.54, 1.807) is 12.1 Å². The minimum atomic E-state index is -3.48. The third-order valence-electron chi connectivity index (χ3n) is 3.72. The molecule has 20 heavy (non-hydrogen) atoms. The van der Waals surface area contributed by atoms with Gasteiger partial charge >= 0.3 is 0 Å². The molecular formula is C15H24N2O2S. The molecule has 2 rings (SSSR count). The van der Waals surface area contributed by atoms with Crippen LogP contribution >= 0.6 is 0 Å². The summed E-state index contributed by atoms with van der Waals surface area (Å²) >= 11 is 0. The third kappa shape index (κ3) is 4.04. The van der Waals surface area contributed by atoms with Crippen LogP contribution in [-0.2, 0) is 16.6 Å². The molecule has 1 aliphatic rings. The van der Waals surface area contributed by atoms with Gasteiger partial charge in [0.25, 0.3) is 0 Å². The molecule has 1 saturated carbocycles. The molecule has 1 aromatic rings. The summed E-state index contributed by atoms with van der Waals surface area (Å²) < 4.78 is 27.9. The Labute approximate surface area is 122 Å². The highest BCUT2D eigenvalue weighted by Crippen LogP contribution is 2.22. The van der Waals surface area contributed by atoms with Gasteiger partial charge in [-0.2, -0.15) is 0 Å². The fourth-order valence-corrected chi connectivity index (χ4v) is 3.67. The summed E-state index contributed by atoms with van der Waals surface area (Å²) in [7, 11) is -3.48. The number of nitrogens with one attached hydrogen (secondary N) is 2. The Kier molecular flexibility index (Phi) is 4.52. The van der Waals surface area contributed by atoms with Crippen LogP contribution in [0.25, 0.3) is 0 Å². The van der Waals surface area contributed by atoms with E-state index in [2.05, 4.69) is 10.0 Å². The maximum absolute atomic E-state index is 12.5. The van der Waals surface area contributed by atoms with Crippen LogP contribution in [0, 0.1) is 0 Å².